The van der Waals surface area contributed by atoms with Crippen molar-refractivity contribution < 1.29 is 8.42 Å². The molecule has 0 radical (unpaired) electrons. The summed E-state index contributed by atoms with van der Waals surface area (Å²) in [6.45, 7) is 7.84. The molecule has 0 heterocycles. The molecule has 3 unspecified atom stereocenters. The van der Waals surface area contributed by atoms with Crippen molar-refractivity contribution in [3.63, 3.8) is 0 Å². The number of rotatable bonds is 7. The summed E-state index contributed by atoms with van der Waals surface area (Å²) in [5.74, 6) is 0.565. The molecule has 0 spiro atoms. The maximum Gasteiger partial charge on any atom is 0.154 e. The van der Waals surface area contributed by atoms with Gasteiger partial charge >= 0.3 is 0 Å². The van der Waals surface area contributed by atoms with E-state index in [-0.39, 0.29) is 17.2 Å². The van der Waals surface area contributed by atoms with E-state index in [1.165, 1.54) is 0 Å². The Hall–Kier alpha value is -0.0900. The van der Waals surface area contributed by atoms with Crippen molar-refractivity contribution in [2.75, 3.05) is 12.8 Å². The van der Waals surface area contributed by atoms with Gasteiger partial charge in [-0.25, -0.2) is 8.42 Å². The van der Waals surface area contributed by atoms with Crippen LogP contribution in [0.15, 0.2) is 0 Å². The van der Waals surface area contributed by atoms with Gasteiger partial charge in [-0.15, -0.1) is 0 Å². The van der Waals surface area contributed by atoms with E-state index in [0.717, 1.165) is 12.8 Å². The Kier molecular flexibility index (Phi) is 6.44. The number of hydrogen-bond acceptors (Lipinski definition) is 3. The molecule has 3 nitrogen and oxygen atoms in total. The molecule has 0 amide bonds. The van der Waals surface area contributed by atoms with Crippen LogP contribution in [0, 0.1) is 5.92 Å². The number of nitrogens with one attached hydrogen (secondary N) is 1. The van der Waals surface area contributed by atoms with Crippen molar-refractivity contribution in [1.82, 2.24) is 5.32 Å². The first kappa shape index (κ1) is 14.9. The van der Waals surface area contributed by atoms with Crippen molar-refractivity contribution in [2.45, 2.75) is 51.8 Å². The van der Waals surface area contributed by atoms with Crippen LogP contribution in [0.2, 0.25) is 0 Å². The van der Waals surface area contributed by atoms with Gasteiger partial charge < -0.3 is 5.32 Å². The predicted molar refractivity (Wildman–Crippen MR) is 65.8 cm³/mol. The van der Waals surface area contributed by atoms with Crippen LogP contribution in [0.1, 0.15) is 40.5 Å². The van der Waals surface area contributed by atoms with Crippen LogP contribution >= 0.6 is 0 Å². The fraction of sp³-hybridized carbons (Fsp3) is 1.00. The fourth-order valence-corrected chi connectivity index (χ4v) is 3.85. The third kappa shape index (κ3) is 4.51. The summed E-state index contributed by atoms with van der Waals surface area (Å²) in [7, 11) is -1.13. The lowest BCUT2D eigenvalue weighted by molar-refractivity contribution is 0.496. The molecule has 0 saturated carbocycles. The Morgan fingerprint density at radius 2 is 1.67 bits per heavy atom. The monoisotopic (exact) mass is 235 g/mol. The zero-order valence-corrected chi connectivity index (χ0v) is 11.4. The molecule has 0 aromatic rings. The third-order valence-electron chi connectivity index (χ3n) is 3.16. The Balaban J connectivity index is 4.57. The standard InChI is InChI=1S/C11H25NO2S/c1-6-9(3)8-15(13,14)10(4)11(7-2)12-5/h9-12H,6-8H2,1-5H3. The van der Waals surface area contributed by atoms with Crippen LogP contribution in [0.25, 0.3) is 0 Å². The van der Waals surface area contributed by atoms with Crippen molar-refractivity contribution in [1.29, 1.82) is 0 Å². The van der Waals surface area contributed by atoms with E-state index in [2.05, 4.69) is 5.32 Å². The molecule has 0 fully saturated rings. The molecule has 0 saturated heterocycles. The molecule has 0 aliphatic carbocycles. The van der Waals surface area contributed by atoms with Crippen molar-refractivity contribution >= 4 is 9.84 Å². The minimum atomic E-state index is -2.96. The van der Waals surface area contributed by atoms with Crippen LogP contribution in [0.3, 0.4) is 0 Å². The first-order valence-corrected chi connectivity index (χ1v) is 7.49. The quantitative estimate of drug-likeness (QED) is 0.732. The van der Waals surface area contributed by atoms with Gasteiger partial charge in [0.1, 0.15) is 0 Å². The molecular weight excluding hydrogens is 210 g/mol. The third-order valence-corrected chi connectivity index (χ3v) is 5.65. The lowest BCUT2D eigenvalue weighted by atomic mass is 10.2. The van der Waals surface area contributed by atoms with Crippen LogP contribution in [0.5, 0.6) is 0 Å². The predicted octanol–water partition coefficient (Wildman–Crippen LogP) is 1.83. The zero-order valence-electron chi connectivity index (χ0n) is 10.6. The van der Waals surface area contributed by atoms with Gasteiger partial charge in [-0.3, -0.25) is 0 Å². The lowest BCUT2D eigenvalue weighted by Gasteiger charge is -2.23. The van der Waals surface area contributed by atoms with Gasteiger partial charge in [0, 0.05) is 6.04 Å². The Morgan fingerprint density at radius 3 is 2.00 bits per heavy atom. The molecule has 15 heavy (non-hydrogen) atoms. The van der Waals surface area contributed by atoms with Crippen LogP contribution in [0.4, 0.5) is 0 Å². The molecule has 0 aliphatic rings. The summed E-state index contributed by atoms with van der Waals surface area (Å²) >= 11 is 0. The van der Waals surface area contributed by atoms with Crippen LogP contribution in [-0.2, 0) is 9.84 Å². The number of sulfone groups is 1. The summed E-state index contributed by atoms with van der Waals surface area (Å²) in [6.07, 6.45) is 1.76. The van der Waals surface area contributed by atoms with Gasteiger partial charge in [-0.1, -0.05) is 27.2 Å². The van der Waals surface area contributed by atoms with Gasteiger partial charge in [-0.05, 0) is 26.3 Å². The Morgan fingerprint density at radius 1 is 1.13 bits per heavy atom. The van der Waals surface area contributed by atoms with Gasteiger partial charge in [-0.2, -0.15) is 0 Å². The van der Waals surface area contributed by atoms with Crippen molar-refractivity contribution in [2.24, 2.45) is 5.92 Å². The van der Waals surface area contributed by atoms with Crippen LogP contribution in [-0.4, -0.2) is 32.5 Å². The second-order valence-electron chi connectivity index (χ2n) is 4.35. The van der Waals surface area contributed by atoms with Gasteiger partial charge in [0.05, 0.1) is 11.0 Å². The minimum absolute atomic E-state index is 0.0686. The summed E-state index contributed by atoms with van der Waals surface area (Å²) < 4.78 is 24.0. The largest absolute Gasteiger partial charge is 0.316 e. The van der Waals surface area contributed by atoms with E-state index in [1.807, 2.05) is 34.7 Å². The maximum atomic E-state index is 12.0. The van der Waals surface area contributed by atoms with E-state index >= 15 is 0 Å². The van der Waals surface area contributed by atoms with E-state index in [1.54, 1.807) is 0 Å². The topological polar surface area (TPSA) is 46.2 Å². The highest BCUT2D eigenvalue weighted by molar-refractivity contribution is 7.92. The molecule has 0 aliphatic heterocycles. The van der Waals surface area contributed by atoms with Gasteiger partial charge in [0.25, 0.3) is 0 Å². The van der Waals surface area contributed by atoms with E-state index in [0.29, 0.717) is 5.75 Å². The van der Waals surface area contributed by atoms with Gasteiger partial charge in [0.15, 0.2) is 9.84 Å². The molecule has 3 atom stereocenters. The normalized spacial score (nSPS) is 18.5. The summed E-state index contributed by atoms with van der Waals surface area (Å²) in [6, 6.07) is 0.0686. The zero-order chi connectivity index (χ0) is 12.1. The molecule has 0 bridgehead atoms. The molecule has 0 rings (SSSR count). The average Bonchev–Trinajstić information content (AvgIpc) is 2.18. The maximum absolute atomic E-state index is 12.0. The Bertz CT molecular complexity index is 258. The van der Waals surface area contributed by atoms with Gasteiger partial charge in [0.2, 0.25) is 0 Å². The first-order valence-electron chi connectivity index (χ1n) is 5.77. The second kappa shape index (κ2) is 6.48. The average molecular weight is 235 g/mol. The molecule has 1 N–H and O–H groups in total. The summed E-state index contributed by atoms with van der Waals surface area (Å²) in [5, 5.41) is 2.78. The van der Waals surface area contributed by atoms with E-state index < -0.39 is 9.84 Å². The smallest absolute Gasteiger partial charge is 0.154 e. The highest BCUT2D eigenvalue weighted by atomic mass is 32.2. The molecule has 0 aromatic carbocycles. The lowest BCUT2D eigenvalue weighted by Crippen LogP contribution is -2.41. The van der Waals surface area contributed by atoms with Crippen molar-refractivity contribution in [3.8, 4) is 0 Å². The van der Waals surface area contributed by atoms with Crippen LogP contribution < -0.4 is 5.32 Å². The highest BCUT2D eigenvalue weighted by Gasteiger charge is 2.28. The molecule has 0 aromatic heterocycles. The summed E-state index contributed by atoms with van der Waals surface area (Å²) in [4.78, 5) is 0. The van der Waals surface area contributed by atoms with E-state index in [9.17, 15) is 8.42 Å². The highest BCUT2D eigenvalue weighted by Crippen LogP contribution is 2.14. The Labute approximate surface area is 94.6 Å². The molecule has 92 valence electrons. The second-order valence-corrected chi connectivity index (χ2v) is 6.75. The minimum Gasteiger partial charge on any atom is -0.316 e. The molecule has 4 heteroatoms. The first-order chi connectivity index (χ1) is 6.88. The molecular formula is C11H25NO2S. The summed E-state index contributed by atoms with van der Waals surface area (Å²) in [5.41, 5.74) is 0. The SMILES string of the molecule is CCC(C)CS(=O)(=O)C(C)C(CC)NC. The van der Waals surface area contributed by atoms with Crippen molar-refractivity contribution in [3.05, 3.63) is 0 Å². The number of hydrogen-bond donors (Lipinski definition) is 1. The van der Waals surface area contributed by atoms with E-state index in [4.69, 9.17) is 0 Å². The fourth-order valence-electron chi connectivity index (χ4n) is 1.69.